The van der Waals surface area contributed by atoms with Gasteiger partial charge in [-0.15, -0.1) is 11.8 Å². The molecule has 0 aliphatic heterocycles. The molecule has 7 heteroatoms. The topological polar surface area (TPSA) is 54.9 Å². The van der Waals surface area contributed by atoms with Gasteiger partial charge in [-0.25, -0.2) is 0 Å². The molecule has 2 aromatic rings. The van der Waals surface area contributed by atoms with Crippen LogP contribution < -0.4 is 5.32 Å². The molecule has 21 heavy (non-hydrogen) atoms. The van der Waals surface area contributed by atoms with Gasteiger partial charge in [-0.3, -0.25) is 4.79 Å². The molecule has 0 fully saturated rings. The van der Waals surface area contributed by atoms with E-state index in [1.54, 1.807) is 11.8 Å². The summed E-state index contributed by atoms with van der Waals surface area (Å²) in [5.74, 6) is 1.22. The summed E-state index contributed by atoms with van der Waals surface area (Å²) in [6.45, 7) is 2.57. The summed E-state index contributed by atoms with van der Waals surface area (Å²) in [7, 11) is 0. The summed E-state index contributed by atoms with van der Waals surface area (Å²) in [6.07, 6.45) is 0.808. The molecule has 0 bridgehead atoms. The van der Waals surface area contributed by atoms with Crippen molar-refractivity contribution >= 4 is 41.0 Å². The minimum atomic E-state index is 0.0507. The summed E-state index contributed by atoms with van der Waals surface area (Å²) < 4.78 is 8.30. The van der Waals surface area contributed by atoms with Gasteiger partial charge < -0.3 is 5.32 Å². The largest absolute Gasteiger partial charge is 0.355 e. The van der Waals surface area contributed by atoms with Crippen LogP contribution in [0.1, 0.15) is 17.0 Å². The van der Waals surface area contributed by atoms with Crippen molar-refractivity contribution in [1.29, 1.82) is 0 Å². The zero-order chi connectivity index (χ0) is 15.1. The van der Waals surface area contributed by atoms with E-state index in [4.69, 9.17) is 11.6 Å². The number of hydrogen-bond donors (Lipinski definition) is 1. The third kappa shape index (κ3) is 5.65. The van der Waals surface area contributed by atoms with Crippen LogP contribution in [0, 0.1) is 6.92 Å². The van der Waals surface area contributed by atoms with Gasteiger partial charge in [0.1, 0.15) is 0 Å². The van der Waals surface area contributed by atoms with Crippen molar-refractivity contribution in [3.8, 4) is 0 Å². The summed E-state index contributed by atoms with van der Waals surface area (Å²) in [4.78, 5) is 11.7. The Balaban J connectivity index is 1.61. The average Bonchev–Trinajstić information content (AvgIpc) is 2.87. The van der Waals surface area contributed by atoms with E-state index in [1.807, 2.05) is 31.2 Å². The maximum atomic E-state index is 11.7. The Bertz CT molecular complexity index is 586. The smallest absolute Gasteiger partial charge is 0.230 e. The molecule has 0 saturated heterocycles. The number of thioether (sulfide) groups is 1. The normalized spacial score (nSPS) is 10.6. The predicted octanol–water partition coefficient (Wildman–Crippen LogP) is 3.09. The fraction of sp³-hybridized carbons (Fsp3) is 0.357. The van der Waals surface area contributed by atoms with Gasteiger partial charge in [0, 0.05) is 17.3 Å². The zero-order valence-corrected chi connectivity index (χ0v) is 14.0. The maximum absolute atomic E-state index is 11.7. The van der Waals surface area contributed by atoms with E-state index in [0.717, 1.165) is 34.1 Å². The van der Waals surface area contributed by atoms with E-state index in [2.05, 4.69) is 14.1 Å². The van der Waals surface area contributed by atoms with Crippen molar-refractivity contribution in [2.24, 2.45) is 0 Å². The highest BCUT2D eigenvalue weighted by Crippen LogP contribution is 2.13. The Morgan fingerprint density at radius 3 is 2.76 bits per heavy atom. The van der Waals surface area contributed by atoms with Crippen LogP contribution in [0.5, 0.6) is 0 Å². The van der Waals surface area contributed by atoms with Crippen LogP contribution in [-0.4, -0.2) is 27.0 Å². The standard InChI is InChI=1S/C14H16ClN3OS2/c1-10-13(18-21-17-10)8-20-9-14(19)16-7-6-11-2-4-12(15)5-3-11/h2-5H,6-9H2,1H3,(H,16,19). The highest BCUT2D eigenvalue weighted by molar-refractivity contribution is 7.99. The van der Waals surface area contributed by atoms with E-state index < -0.39 is 0 Å². The van der Waals surface area contributed by atoms with Crippen LogP contribution in [0.25, 0.3) is 0 Å². The predicted molar refractivity (Wildman–Crippen MR) is 89.0 cm³/mol. The Hall–Kier alpha value is -1.11. The second kappa shape index (κ2) is 8.36. The molecule has 1 amide bonds. The molecular formula is C14H16ClN3OS2. The van der Waals surface area contributed by atoms with Crippen LogP contribution in [0.4, 0.5) is 0 Å². The average molecular weight is 342 g/mol. The van der Waals surface area contributed by atoms with Crippen LogP contribution in [0.2, 0.25) is 5.02 Å². The Morgan fingerprint density at radius 1 is 1.33 bits per heavy atom. The van der Waals surface area contributed by atoms with Crippen molar-refractivity contribution in [3.63, 3.8) is 0 Å². The van der Waals surface area contributed by atoms with Crippen LogP contribution in [-0.2, 0) is 17.0 Å². The van der Waals surface area contributed by atoms with Crippen molar-refractivity contribution < 1.29 is 4.79 Å². The molecule has 0 spiro atoms. The number of benzene rings is 1. The van der Waals surface area contributed by atoms with Gasteiger partial charge >= 0.3 is 0 Å². The van der Waals surface area contributed by atoms with Crippen LogP contribution in [0.15, 0.2) is 24.3 Å². The first-order chi connectivity index (χ1) is 10.1. The minimum absolute atomic E-state index is 0.0507. The molecule has 1 aromatic carbocycles. The molecule has 0 atom stereocenters. The summed E-state index contributed by atoms with van der Waals surface area (Å²) in [5, 5.41) is 3.64. The van der Waals surface area contributed by atoms with E-state index in [-0.39, 0.29) is 5.91 Å². The number of aryl methyl sites for hydroxylation is 1. The number of nitrogens with one attached hydrogen (secondary N) is 1. The van der Waals surface area contributed by atoms with Gasteiger partial charge in [0.05, 0.1) is 28.9 Å². The second-order valence-electron chi connectivity index (χ2n) is 4.52. The molecule has 0 aliphatic carbocycles. The summed E-state index contributed by atoms with van der Waals surface area (Å²) >= 11 is 8.60. The lowest BCUT2D eigenvalue weighted by atomic mass is 10.1. The Morgan fingerprint density at radius 2 is 2.10 bits per heavy atom. The Kier molecular flexibility index (Phi) is 6.48. The van der Waals surface area contributed by atoms with Crippen LogP contribution >= 0.6 is 35.1 Å². The molecule has 4 nitrogen and oxygen atoms in total. The van der Waals surface area contributed by atoms with E-state index >= 15 is 0 Å². The molecule has 0 aliphatic rings. The fourth-order valence-corrected chi connectivity index (χ4v) is 3.30. The number of amides is 1. The zero-order valence-electron chi connectivity index (χ0n) is 11.6. The van der Waals surface area contributed by atoms with Gasteiger partial charge in [0.25, 0.3) is 0 Å². The molecule has 0 radical (unpaired) electrons. The first-order valence-electron chi connectivity index (χ1n) is 6.52. The molecule has 2 rings (SSSR count). The van der Waals surface area contributed by atoms with E-state index in [0.29, 0.717) is 12.3 Å². The van der Waals surface area contributed by atoms with Crippen LogP contribution in [0.3, 0.4) is 0 Å². The lowest BCUT2D eigenvalue weighted by Gasteiger charge is -2.05. The van der Waals surface area contributed by atoms with E-state index in [1.165, 1.54) is 11.7 Å². The first-order valence-corrected chi connectivity index (χ1v) is 8.78. The van der Waals surface area contributed by atoms with Crippen molar-refractivity contribution in [2.45, 2.75) is 19.1 Å². The molecular weight excluding hydrogens is 326 g/mol. The summed E-state index contributed by atoms with van der Waals surface area (Å²) in [5.41, 5.74) is 3.09. The second-order valence-corrected chi connectivity index (χ2v) is 6.47. The summed E-state index contributed by atoms with van der Waals surface area (Å²) in [6, 6.07) is 7.67. The third-order valence-corrected chi connectivity index (χ3v) is 4.72. The fourth-order valence-electron chi connectivity index (χ4n) is 1.67. The first kappa shape index (κ1) is 16.3. The molecule has 1 heterocycles. The number of aromatic nitrogens is 2. The number of hydrogen-bond acceptors (Lipinski definition) is 5. The number of rotatable bonds is 7. The maximum Gasteiger partial charge on any atom is 0.230 e. The van der Waals surface area contributed by atoms with Crippen molar-refractivity contribution in [1.82, 2.24) is 14.1 Å². The molecule has 0 unspecified atom stereocenters. The Labute approximate surface area is 137 Å². The number of halogens is 1. The minimum Gasteiger partial charge on any atom is -0.355 e. The quantitative estimate of drug-likeness (QED) is 0.840. The van der Waals surface area contributed by atoms with Gasteiger partial charge in [-0.05, 0) is 31.0 Å². The molecule has 1 aromatic heterocycles. The van der Waals surface area contributed by atoms with Gasteiger partial charge in [-0.2, -0.15) is 8.75 Å². The molecule has 112 valence electrons. The van der Waals surface area contributed by atoms with E-state index in [9.17, 15) is 4.79 Å². The highest BCUT2D eigenvalue weighted by atomic mass is 35.5. The highest BCUT2D eigenvalue weighted by Gasteiger charge is 2.06. The monoisotopic (exact) mass is 341 g/mol. The lowest BCUT2D eigenvalue weighted by molar-refractivity contribution is -0.118. The molecule has 0 saturated carbocycles. The number of nitrogens with zero attached hydrogens (tertiary/aromatic N) is 2. The van der Waals surface area contributed by atoms with Gasteiger partial charge in [0.15, 0.2) is 0 Å². The number of carbonyl (C=O) groups is 1. The lowest BCUT2D eigenvalue weighted by Crippen LogP contribution is -2.27. The number of carbonyl (C=O) groups excluding carboxylic acids is 1. The van der Waals surface area contributed by atoms with Gasteiger partial charge in [-0.1, -0.05) is 23.7 Å². The van der Waals surface area contributed by atoms with Crippen molar-refractivity contribution in [2.75, 3.05) is 12.3 Å². The molecule has 1 N–H and O–H groups in total. The van der Waals surface area contributed by atoms with Gasteiger partial charge in [0.2, 0.25) is 5.91 Å². The SMILES string of the molecule is Cc1nsnc1CSCC(=O)NCCc1ccc(Cl)cc1. The third-order valence-electron chi connectivity index (χ3n) is 2.87. The van der Waals surface area contributed by atoms with Crippen molar-refractivity contribution in [3.05, 3.63) is 46.2 Å².